The van der Waals surface area contributed by atoms with Gasteiger partial charge in [0.1, 0.15) is 5.75 Å². The number of piperidine rings is 1. The molecule has 1 aliphatic rings. The van der Waals surface area contributed by atoms with Gasteiger partial charge < -0.3 is 15.4 Å². The first-order valence-corrected chi connectivity index (χ1v) is 8.28. The molecular formula is C15H20Cl4N2O2. The van der Waals surface area contributed by atoms with Gasteiger partial charge in [-0.25, -0.2) is 0 Å². The average molecular weight is 402 g/mol. The molecule has 0 radical (unpaired) electrons. The van der Waals surface area contributed by atoms with Crippen molar-refractivity contribution in [1.29, 1.82) is 0 Å². The van der Waals surface area contributed by atoms with Gasteiger partial charge in [-0.15, -0.1) is 12.4 Å². The molecule has 0 unspecified atom stereocenters. The maximum Gasteiger partial charge on any atom is 0.257 e. The van der Waals surface area contributed by atoms with Crippen LogP contribution in [0.1, 0.15) is 19.8 Å². The summed E-state index contributed by atoms with van der Waals surface area (Å²) in [5.41, 5.74) is 0.141. The predicted molar refractivity (Wildman–Crippen MR) is 97.4 cm³/mol. The Morgan fingerprint density at radius 1 is 1.22 bits per heavy atom. The molecule has 1 heterocycles. The van der Waals surface area contributed by atoms with E-state index < -0.39 is 0 Å². The molecule has 2 rings (SSSR count). The number of benzene rings is 1. The first-order chi connectivity index (χ1) is 10.4. The zero-order valence-electron chi connectivity index (χ0n) is 12.8. The van der Waals surface area contributed by atoms with Crippen LogP contribution in [0.4, 0.5) is 0 Å². The molecule has 1 fully saturated rings. The van der Waals surface area contributed by atoms with E-state index in [0.717, 1.165) is 25.9 Å². The minimum atomic E-state index is -0.179. The monoisotopic (exact) mass is 400 g/mol. The fraction of sp³-hybridized carbons (Fsp3) is 0.533. The predicted octanol–water partition coefficient (Wildman–Crippen LogP) is 3.95. The van der Waals surface area contributed by atoms with Crippen LogP contribution in [-0.4, -0.2) is 32.1 Å². The van der Waals surface area contributed by atoms with E-state index in [4.69, 9.17) is 39.5 Å². The third-order valence-electron chi connectivity index (χ3n) is 3.86. The molecule has 4 nitrogen and oxygen atoms in total. The number of rotatable bonds is 5. The Morgan fingerprint density at radius 3 is 2.48 bits per heavy atom. The van der Waals surface area contributed by atoms with Crippen LogP contribution in [0.5, 0.6) is 5.75 Å². The Morgan fingerprint density at radius 2 is 1.83 bits per heavy atom. The smallest absolute Gasteiger partial charge is 0.257 e. The molecule has 1 saturated heterocycles. The molecular weight excluding hydrogens is 382 g/mol. The van der Waals surface area contributed by atoms with Crippen LogP contribution in [0.3, 0.4) is 0 Å². The Labute approximate surface area is 157 Å². The van der Waals surface area contributed by atoms with Gasteiger partial charge in [-0.1, -0.05) is 41.7 Å². The van der Waals surface area contributed by atoms with E-state index in [9.17, 15) is 4.79 Å². The lowest BCUT2D eigenvalue weighted by Crippen LogP contribution is -2.43. The first kappa shape index (κ1) is 20.7. The molecule has 0 saturated carbocycles. The van der Waals surface area contributed by atoms with Crippen molar-refractivity contribution in [2.45, 2.75) is 19.8 Å². The van der Waals surface area contributed by atoms with Crippen molar-refractivity contribution < 1.29 is 9.53 Å². The van der Waals surface area contributed by atoms with Crippen LogP contribution in [0.25, 0.3) is 0 Å². The second kappa shape index (κ2) is 9.19. The number of nitrogens with one attached hydrogen (secondary N) is 2. The third kappa shape index (κ3) is 6.20. The van der Waals surface area contributed by atoms with E-state index >= 15 is 0 Å². The number of amides is 1. The number of carbonyl (C=O) groups is 1. The Hall–Kier alpha value is -0.390. The number of carbonyl (C=O) groups excluding carboxylic acids is 1. The van der Waals surface area contributed by atoms with Crippen LogP contribution in [0, 0.1) is 5.41 Å². The van der Waals surface area contributed by atoms with Crippen molar-refractivity contribution >= 4 is 53.1 Å². The summed E-state index contributed by atoms with van der Waals surface area (Å²) in [6.45, 7) is 4.70. The SMILES string of the molecule is CC1(CNC(=O)COc2cc(Cl)c(Cl)cc2Cl)CCNCC1.Cl. The van der Waals surface area contributed by atoms with Crippen LogP contribution in [0.2, 0.25) is 15.1 Å². The number of halogens is 4. The van der Waals surface area contributed by atoms with Crippen molar-refractivity contribution in [3.63, 3.8) is 0 Å². The third-order valence-corrected chi connectivity index (χ3v) is 4.87. The summed E-state index contributed by atoms with van der Waals surface area (Å²) in [7, 11) is 0. The molecule has 0 spiro atoms. The van der Waals surface area contributed by atoms with Gasteiger partial charge >= 0.3 is 0 Å². The highest BCUT2D eigenvalue weighted by molar-refractivity contribution is 6.43. The molecule has 0 atom stereocenters. The molecule has 0 aromatic heterocycles. The summed E-state index contributed by atoms with van der Waals surface area (Å²) in [6, 6.07) is 3.00. The lowest BCUT2D eigenvalue weighted by Gasteiger charge is -2.34. The minimum absolute atomic E-state index is 0. The summed E-state index contributed by atoms with van der Waals surface area (Å²) >= 11 is 17.7. The number of ether oxygens (including phenoxy) is 1. The zero-order chi connectivity index (χ0) is 16.2. The maximum absolute atomic E-state index is 11.9. The molecule has 1 aliphatic heterocycles. The van der Waals surface area contributed by atoms with E-state index in [2.05, 4.69) is 17.6 Å². The van der Waals surface area contributed by atoms with Gasteiger partial charge in [-0.2, -0.15) is 0 Å². The van der Waals surface area contributed by atoms with Crippen molar-refractivity contribution in [2.75, 3.05) is 26.2 Å². The fourth-order valence-electron chi connectivity index (χ4n) is 2.33. The maximum atomic E-state index is 11.9. The summed E-state index contributed by atoms with van der Waals surface area (Å²) in [5, 5.41) is 7.24. The van der Waals surface area contributed by atoms with Crippen molar-refractivity contribution in [3.8, 4) is 5.75 Å². The van der Waals surface area contributed by atoms with Crippen molar-refractivity contribution in [1.82, 2.24) is 10.6 Å². The summed E-state index contributed by atoms with van der Waals surface area (Å²) in [6.07, 6.45) is 2.10. The zero-order valence-corrected chi connectivity index (χ0v) is 15.8. The van der Waals surface area contributed by atoms with Crippen LogP contribution >= 0.6 is 47.2 Å². The second-order valence-corrected chi connectivity index (χ2v) is 7.04. The summed E-state index contributed by atoms with van der Waals surface area (Å²) in [4.78, 5) is 11.9. The Kier molecular flexibility index (Phi) is 8.25. The van der Waals surface area contributed by atoms with Gasteiger partial charge in [0.2, 0.25) is 0 Å². The highest BCUT2D eigenvalue weighted by atomic mass is 35.5. The fourth-order valence-corrected chi connectivity index (χ4v) is 2.92. The van der Waals surface area contributed by atoms with Crippen molar-refractivity contribution in [2.24, 2.45) is 5.41 Å². The normalized spacial score (nSPS) is 16.3. The van der Waals surface area contributed by atoms with Gasteiger partial charge in [-0.3, -0.25) is 4.79 Å². The molecule has 8 heteroatoms. The highest BCUT2D eigenvalue weighted by Gasteiger charge is 2.27. The van der Waals surface area contributed by atoms with Gasteiger partial charge in [0.25, 0.3) is 5.91 Å². The Balaban J connectivity index is 0.00000264. The van der Waals surface area contributed by atoms with E-state index in [0.29, 0.717) is 27.4 Å². The minimum Gasteiger partial charge on any atom is -0.482 e. The highest BCUT2D eigenvalue weighted by Crippen LogP contribution is 2.33. The standard InChI is InChI=1S/C15H19Cl3N2O2.ClH/c1-15(2-4-19-5-3-15)9-20-14(21)8-22-13-7-11(17)10(16)6-12(13)18;/h6-7,19H,2-5,8-9H2,1H3,(H,20,21);1H. The molecule has 1 amide bonds. The van der Waals surface area contributed by atoms with Crippen LogP contribution in [0.15, 0.2) is 12.1 Å². The van der Waals surface area contributed by atoms with Crippen LogP contribution in [-0.2, 0) is 4.79 Å². The molecule has 1 aromatic rings. The molecule has 0 bridgehead atoms. The molecule has 1 aromatic carbocycles. The van der Waals surface area contributed by atoms with E-state index in [1.807, 2.05) is 0 Å². The number of hydrogen-bond donors (Lipinski definition) is 2. The molecule has 23 heavy (non-hydrogen) atoms. The average Bonchev–Trinajstić information content (AvgIpc) is 2.48. The quantitative estimate of drug-likeness (QED) is 0.734. The van der Waals surface area contributed by atoms with E-state index in [1.54, 1.807) is 0 Å². The topological polar surface area (TPSA) is 50.4 Å². The van der Waals surface area contributed by atoms with Gasteiger partial charge in [0, 0.05) is 12.6 Å². The van der Waals surface area contributed by atoms with Gasteiger partial charge in [0.15, 0.2) is 6.61 Å². The van der Waals surface area contributed by atoms with Gasteiger partial charge in [0.05, 0.1) is 15.1 Å². The number of hydrogen-bond acceptors (Lipinski definition) is 3. The molecule has 130 valence electrons. The molecule has 2 N–H and O–H groups in total. The first-order valence-electron chi connectivity index (χ1n) is 7.14. The molecule has 0 aliphatic carbocycles. The van der Waals surface area contributed by atoms with E-state index in [1.165, 1.54) is 12.1 Å². The largest absolute Gasteiger partial charge is 0.482 e. The summed E-state index contributed by atoms with van der Waals surface area (Å²) in [5.74, 6) is 0.168. The lowest BCUT2D eigenvalue weighted by molar-refractivity contribution is -0.123. The Bertz CT molecular complexity index is 549. The second-order valence-electron chi connectivity index (χ2n) is 5.82. The summed E-state index contributed by atoms with van der Waals surface area (Å²) < 4.78 is 5.41. The van der Waals surface area contributed by atoms with E-state index in [-0.39, 0.29) is 30.3 Å². The lowest BCUT2D eigenvalue weighted by atomic mass is 9.81. The van der Waals surface area contributed by atoms with Gasteiger partial charge in [-0.05, 0) is 37.4 Å². The van der Waals surface area contributed by atoms with Crippen LogP contribution < -0.4 is 15.4 Å². The van der Waals surface area contributed by atoms with Crippen molar-refractivity contribution in [3.05, 3.63) is 27.2 Å².